The highest BCUT2D eigenvalue weighted by atomic mass is 35.5. The molecule has 19 heavy (non-hydrogen) atoms. The standard InChI is InChI=1S/C14H14ClFN2O/c1-2-17-7-10-3-12(16)6-13(4-10)19-14-5-11(15)8-18-9-14/h3-6,8-9,17H,2,7H2,1H3. The lowest BCUT2D eigenvalue weighted by atomic mass is 10.2. The summed E-state index contributed by atoms with van der Waals surface area (Å²) in [5.41, 5.74) is 0.826. The van der Waals surface area contributed by atoms with Crippen LogP contribution in [-0.2, 0) is 6.54 Å². The molecule has 1 heterocycles. The van der Waals surface area contributed by atoms with E-state index >= 15 is 0 Å². The third-order valence-corrected chi connectivity index (χ3v) is 2.63. The Labute approximate surface area is 116 Å². The first-order chi connectivity index (χ1) is 9.17. The fourth-order valence-corrected chi connectivity index (χ4v) is 1.80. The molecular formula is C14H14ClFN2O. The van der Waals surface area contributed by atoms with E-state index < -0.39 is 0 Å². The fraction of sp³-hybridized carbons (Fsp3) is 0.214. The largest absolute Gasteiger partial charge is 0.456 e. The Kier molecular flexibility index (Phi) is 4.71. The Morgan fingerprint density at radius 1 is 1.21 bits per heavy atom. The van der Waals surface area contributed by atoms with Gasteiger partial charge in [0.15, 0.2) is 0 Å². The van der Waals surface area contributed by atoms with Gasteiger partial charge < -0.3 is 10.1 Å². The van der Waals surface area contributed by atoms with Gasteiger partial charge in [0, 0.05) is 24.9 Å². The van der Waals surface area contributed by atoms with Crippen LogP contribution in [0.15, 0.2) is 36.7 Å². The van der Waals surface area contributed by atoms with Crippen molar-refractivity contribution in [2.24, 2.45) is 0 Å². The van der Waals surface area contributed by atoms with E-state index in [9.17, 15) is 4.39 Å². The molecule has 0 aliphatic carbocycles. The molecule has 0 spiro atoms. The van der Waals surface area contributed by atoms with E-state index in [0.29, 0.717) is 23.1 Å². The molecule has 0 aliphatic rings. The molecule has 0 atom stereocenters. The highest BCUT2D eigenvalue weighted by molar-refractivity contribution is 6.30. The average molecular weight is 281 g/mol. The highest BCUT2D eigenvalue weighted by Gasteiger charge is 2.04. The Bertz CT molecular complexity index is 563. The normalized spacial score (nSPS) is 10.5. The SMILES string of the molecule is CCNCc1cc(F)cc(Oc2cncc(Cl)c2)c1. The van der Waals surface area contributed by atoms with Crippen LogP contribution in [0.5, 0.6) is 11.5 Å². The average Bonchev–Trinajstić information content (AvgIpc) is 2.35. The van der Waals surface area contributed by atoms with Crippen LogP contribution >= 0.6 is 11.6 Å². The third kappa shape index (κ3) is 4.19. The van der Waals surface area contributed by atoms with Crippen molar-refractivity contribution in [1.82, 2.24) is 10.3 Å². The van der Waals surface area contributed by atoms with Gasteiger partial charge in [-0.2, -0.15) is 0 Å². The van der Waals surface area contributed by atoms with Crippen molar-refractivity contribution < 1.29 is 9.13 Å². The number of halogens is 2. The van der Waals surface area contributed by atoms with E-state index in [1.54, 1.807) is 12.1 Å². The summed E-state index contributed by atoms with van der Waals surface area (Å²) in [5.74, 6) is 0.574. The van der Waals surface area contributed by atoms with Crippen molar-refractivity contribution in [2.75, 3.05) is 6.54 Å². The van der Waals surface area contributed by atoms with Crippen LogP contribution in [0.2, 0.25) is 5.02 Å². The van der Waals surface area contributed by atoms with Crippen molar-refractivity contribution in [1.29, 1.82) is 0 Å². The quantitative estimate of drug-likeness (QED) is 0.905. The van der Waals surface area contributed by atoms with E-state index in [2.05, 4.69) is 10.3 Å². The summed E-state index contributed by atoms with van der Waals surface area (Å²) in [7, 11) is 0. The molecule has 0 saturated heterocycles. The van der Waals surface area contributed by atoms with Gasteiger partial charge in [-0.25, -0.2) is 4.39 Å². The van der Waals surface area contributed by atoms with Crippen LogP contribution in [0.3, 0.4) is 0 Å². The van der Waals surface area contributed by atoms with Gasteiger partial charge in [-0.1, -0.05) is 18.5 Å². The number of nitrogens with one attached hydrogen (secondary N) is 1. The topological polar surface area (TPSA) is 34.1 Å². The number of pyridine rings is 1. The Morgan fingerprint density at radius 2 is 2.05 bits per heavy atom. The minimum absolute atomic E-state index is 0.333. The first-order valence-electron chi connectivity index (χ1n) is 5.96. The van der Waals surface area contributed by atoms with Crippen molar-refractivity contribution in [3.05, 3.63) is 53.1 Å². The minimum Gasteiger partial charge on any atom is -0.456 e. The second-order valence-electron chi connectivity index (χ2n) is 4.02. The van der Waals surface area contributed by atoms with E-state index in [-0.39, 0.29) is 5.82 Å². The van der Waals surface area contributed by atoms with E-state index in [4.69, 9.17) is 16.3 Å². The third-order valence-electron chi connectivity index (χ3n) is 2.43. The van der Waals surface area contributed by atoms with Gasteiger partial charge in [-0.05, 0) is 24.2 Å². The van der Waals surface area contributed by atoms with Crippen molar-refractivity contribution >= 4 is 11.6 Å². The molecule has 0 saturated carbocycles. The molecule has 2 rings (SSSR count). The summed E-state index contributed by atoms with van der Waals surface area (Å²) in [6, 6.07) is 6.22. The number of nitrogens with zero attached hydrogens (tertiary/aromatic N) is 1. The fourth-order valence-electron chi connectivity index (χ4n) is 1.64. The molecule has 100 valence electrons. The maximum atomic E-state index is 13.5. The Balaban J connectivity index is 2.17. The maximum absolute atomic E-state index is 13.5. The maximum Gasteiger partial charge on any atom is 0.147 e. The van der Waals surface area contributed by atoms with E-state index in [1.165, 1.54) is 24.5 Å². The summed E-state index contributed by atoms with van der Waals surface area (Å²) in [6.45, 7) is 3.41. The number of benzene rings is 1. The predicted octanol–water partition coefficient (Wildman–Crippen LogP) is 3.78. The van der Waals surface area contributed by atoms with Gasteiger partial charge in [0.1, 0.15) is 17.3 Å². The molecule has 0 amide bonds. The molecule has 0 fully saturated rings. The second-order valence-corrected chi connectivity index (χ2v) is 4.45. The number of aromatic nitrogens is 1. The zero-order chi connectivity index (χ0) is 13.7. The summed E-state index contributed by atoms with van der Waals surface area (Å²) in [6.07, 6.45) is 3.04. The van der Waals surface area contributed by atoms with Crippen LogP contribution in [-0.4, -0.2) is 11.5 Å². The predicted molar refractivity (Wildman–Crippen MR) is 73.1 cm³/mol. The lowest BCUT2D eigenvalue weighted by Crippen LogP contribution is -2.11. The summed E-state index contributed by atoms with van der Waals surface area (Å²) < 4.78 is 19.0. The molecule has 3 nitrogen and oxygen atoms in total. The van der Waals surface area contributed by atoms with Gasteiger partial charge in [-0.3, -0.25) is 4.98 Å². The van der Waals surface area contributed by atoms with Gasteiger partial charge in [-0.15, -0.1) is 0 Å². The molecule has 1 aromatic carbocycles. The second kappa shape index (κ2) is 6.50. The van der Waals surface area contributed by atoms with Crippen molar-refractivity contribution in [2.45, 2.75) is 13.5 Å². The summed E-state index contributed by atoms with van der Waals surface area (Å²) in [5, 5.41) is 3.61. The molecule has 1 aromatic heterocycles. The Hall–Kier alpha value is -1.65. The number of ether oxygens (including phenoxy) is 1. The molecule has 0 unspecified atom stereocenters. The highest BCUT2D eigenvalue weighted by Crippen LogP contribution is 2.24. The smallest absolute Gasteiger partial charge is 0.147 e. The van der Waals surface area contributed by atoms with Gasteiger partial charge >= 0.3 is 0 Å². The Morgan fingerprint density at radius 3 is 2.79 bits per heavy atom. The molecule has 1 N–H and O–H groups in total. The van der Waals surface area contributed by atoms with E-state index in [1.807, 2.05) is 6.92 Å². The molecule has 0 radical (unpaired) electrons. The van der Waals surface area contributed by atoms with Crippen LogP contribution in [0.1, 0.15) is 12.5 Å². The molecular weight excluding hydrogens is 267 g/mol. The zero-order valence-corrected chi connectivity index (χ0v) is 11.2. The first kappa shape index (κ1) is 13.8. The summed E-state index contributed by atoms with van der Waals surface area (Å²) in [4.78, 5) is 3.91. The minimum atomic E-state index is -0.333. The number of hydrogen-bond acceptors (Lipinski definition) is 3. The molecule has 0 aliphatic heterocycles. The number of rotatable bonds is 5. The van der Waals surface area contributed by atoms with Gasteiger partial charge in [0.05, 0.1) is 11.2 Å². The molecule has 0 bridgehead atoms. The van der Waals surface area contributed by atoms with Gasteiger partial charge in [0.2, 0.25) is 0 Å². The van der Waals surface area contributed by atoms with Crippen LogP contribution in [0.25, 0.3) is 0 Å². The van der Waals surface area contributed by atoms with Crippen LogP contribution in [0, 0.1) is 5.82 Å². The van der Waals surface area contributed by atoms with E-state index in [0.717, 1.165) is 12.1 Å². The molecule has 2 aromatic rings. The van der Waals surface area contributed by atoms with Crippen molar-refractivity contribution in [3.8, 4) is 11.5 Å². The molecule has 5 heteroatoms. The summed E-state index contributed by atoms with van der Waals surface area (Å²) >= 11 is 5.82. The van der Waals surface area contributed by atoms with Crippen LogP contribution < -0.4 is 10.1 Å². The zero-order valence-electron chi connectivity index (χ0n) is 10.5. The number of hydrogen-bond donors (Lipinski definition) is 1. The monoisotopic (exact) mass is 280 g/mol. The lowest BCUT2D eigenvalue weighted by Gasteiger charge is -2.08. The van der Waals surface area contributed by atoms with Crippen LogP contribution in [0.4, 0.5) is 4.39 Å². The van der Waals surface area contributed by atoms with Gasteiger partial charge in [0.25, 0.3) is 0 Å². The first-order valence-corrected chi connectivity index (χ1v) is 6.34. The lowest BCUT2D eigenvalue weighted by molar-refractivity contribution is 0.473. The van der Waals surface area contributed by atoms with Crippen molar-refractivity contribution in [3.63, 3.8) is 0 Å².